The number of carbonyl (C=O) groups excluding carboxylic acids is 1. The summed E-state index contributed by atoms with van der Waals surface area (Å²) in [5.74, 6) is -0.778. The Bertz CT molecular complexity index is 328. The first-order valence-corrected chi connectivity index (χ1v) is 7.00. The first-order valence-electron chi connectivity index (χ1n) is 7.00. The molecule has 2 amide bonds. The highest BCUT2D eigenvalue weighted by Crippen LogP contribution is 2.38. The summed E-state index contributed by atoms with van der Waals surface area (Å²) in [5.41, 5.74) is -0.546. The molecule has 1 fully saturated rings. The lowest BCUT2D eigenvalue weighted by Crippen LogP contribution is -2.49. The van der Waals surface area contributed by atoms with Crippen LogP contribution in [0.25, 0.3) is 0 Å². The Hall–Kier alpha value is -1.26. The molecule has 3 N–H and O–H groups in total. The zero-order chi connectivity index (χ0) is 14.5. The quantitative estimate of drug-likeness (QED) is 0.734. The van der Waals surface area contributed by atoms with Crippen molar-refractivity contribution in [2.24, 2.45) is 5.41 Å². The Balaban J connectivity index is 2.53. The smallest absolute Gasteiger partial charge is 0.315 e. The lowest BCUT2D eigenvalue weighted by Gasteiger charge is -2.36. The van der Waals surface area contributed by atoms with Gasteiger partial charge in [-0.25, -0.2) is 4.79 Å². The molecule has 0 unspecified atom stereocenters. The molecule has 0 heterocycles. The van der Waals surface area contributed by atoms with Crippen LogP contribution >= 0.6 is 0 Å². The molecule has 1 saturated carbocycles. The third kappa shape index (κ3) is 5.94. The molecule has 1 aliphatic rings. The number of amides is 2. The molecule has 0 aromatic heterocycles. The van der Waals surface area contributed by atoms with Gasteiger partial charge in [0.1, 0.15) is 0 Å². The number of hydrogen-bond donors (Lipinski definition) is 3. The number of hydrogen-bond acceptors (Lipinski definition) is 2. The lowest BCUT2D eigenvalue weighted by atomic mass is 9.72. The summed E-state index contributed by atoms with van der Waals surface area (Å²) < 4.78 is 0. The summed E-state index contributed by atoms with van der Waals surface area (Å²) in [4.78, 5) is 22.8. The average Bonchev–Trinajstić information content (AvgIpc) is 2.24. The Morgan fingerprint density at radius 3 is 2.21 bits per heavy atom. The molecule has 5 nitrogen and oxygen atoms in total. The molecule has 5 heteroatoms. The van der Waals surface area contributed by atoms with Gasteiger partial charge in [-0.3, -0.25) is 4.79 Å². The van der Waals surface area contributed by atoms with Gasteiger partial charge in [0.25, 0.3) is 0 Å². The highest BCUT2D eigenvalue weighted by Gasteiger charge is 2.34. The van der Waals surface area contributed by atoms with Crippen LogP contribution in [0.15, 0.2) is 0 Å². The van der Waals surface area contributed by atoms with E-state index in [-0.39, 0.29) is 23.4 Å². The van der Waals surface area contributed by atoms with Crippen LogP contribution in [0.1, 0.15) is 59.3 Å². The Morgan fingerprint density at radius 2 is 1.74 bits per heavy atom. The van der Waals surface area contributed by atoms with Gasteiger partial charge in [0.2, 0.25) is 0 Å². The molecule has 0 radical (unpaired) electrons. The minimum atomic E-state index is -0.778. The maximum absolute atomic E-state index is 11.8. The van der Waals surface area contributed by atoms with E-state index in [9.17, 15) is 9.59 Å². The van der Waals surface area contributed by atoms with Gasteiger partial charge in [0.15, 0.2) is 0 Å². The predicted octanol–water partition coefficient (Wildman–Crippen LogP) is 2.51. The normalized spacial score (nSPS) is 18.7. The van der Waals surface area contributed by atoms with Gasteiger partial charge < -0.3 is 15.7 Å². The van der Waals surface area contributed by atoms with Gasteiger partial charge in [-0.05, 0) is 39.0 Å². The SMILES string of the molecule is CC(C)(C)NC(=O)NCC1(CC(=O)O)CCCCC1. The second kappa shape index (κ2) is 6.26. The van der Waals surface area contributed by atoms with E-state index in [0.29, 0.717) is 6.54 Å². The van der Waals surface area contributed by atoms with Crippen molar-refractivity contribution in [1.82, 2.24) is 10.6 Å². The van der Waals surface area contributed by atoms with Gasteiger partial charge in [0, 0.05) is 12.1 Å². The van der Waals surface area contributed by atoms with Gasteiger partial charge >= 0.3 is 12.0 Å². The van der Waals surface area contributed by atoms with Crippen molar-refractivity contribution in [3.05, 3.63) is 0 Å². The van der Waals surface area contributed by atoms with E-state index < -0.39 is 5.97 Å². The molecule has 0 aromatic carbocycles. The first-order chi connectivity index (χ1) is 8.72. The fourth-order valence-corrected chi connectivity index (χ4v) is 2.69. The summed E-state index contributed by atoms with van der Waals surface area (Å²) in [6.45, 7) is 6.20. The van der Waals surface area contributed by atoms with Crippen LogP contribution in [0.3, 0.4) is 0 Å². The van der Waals surface area contributed by atoms with Crippen molar-refractivity contribution >= 4 is 12.0 Å². The van der Waals surface area contributed by atoms with Crippen molar-refractivity contribution in [3.63, 3.8) is 0 Å². The van der Waals surface area contributed by atoms with E-state index in [1.54, 1.807) is 0 Å². The Labute approximate surface area is 115 Å². The van der Waals surface area contributed by atoms with Crippen LogP contribution in [-0.4, -0.2) is 29.2 Å². The highest BCUT2D eigenvalue weighted by atomic mass is 16.4. The minimum Gasteiger partial charge on any atom is -0.481 e. The zero-order valence-corrected chi connectivity index (χ0v) is 12.2. The lowest BCUT2D eigenvalue weighted by molar-refractivity contribution is -0.140. The number of nitrogens with one attached hydrogen (secondary N) is 2. The summed E-state index contributed by atoms with van der Waals surface area (Å²) >= 11 is 0. The third-order valence-corrected chi connectivity index (χ3v) is 3.55. The maximum atomic E-state index is 11.8. The highest BCUT2D eigenvalue weighted by molar-refractivity contribution is 5.75. The van der Waals surface area contributed by atoms with E-state index in [4.69, 9.17) is 5.11 Å². The van der Waals surface area contributed by atoms with Gasteiger partial charge in [-0.15, -0.1) is 0 Å². The number of carbonyl (C=O) groups is 2. The molecule has 1 rings (SSSR count). The van der Waals surface area contributed by atoms with Crippen molar-refractivity contribution in [2.75, 3.05) is 6.54 Å². The number of aliphatic carboxylic acids is 1. The molecule has 0 atom stereocenters. The fraction of sp³-hybridized carbons (Fsp3) is 0.857. The Morgan fingerprint density at radius 1 is 1.16 bits per heavy atom. The first kappa shape index (κ1) is 15.8. The van der Waals surface area contributed by atoms with Gasteiger partial charge in [0.05, 0.1) is 6.42 Å². The van der Waals surface area contributed by atoms with Crippen molar-refractivity contribution in [2.45, 2.75) is 64.8 Å². The van der Waals surface area contributed by atoms with Crippen LogP contribution in [0.2, 0.25) is 0 Å². The number of carboxylic acid groups (broad SMARTS) is 1. The predicted molar refractivity (Wildman–Crippen MR) is 74.1 cm³/mol. The molecule has 0 aromatic rings. The zero-order valence-electron chi connectivity index (χ0n) is 12.2. The molecule has 19 heavy (non-hydrogen) atoms. The molecule has 0 saturated heterocycles. The molecule has 110 valence electrons. The number of rotatable bonds is 4. The summed E-state index contributed by atoms with van der Waals surface area (Å²) in [7, 11) is 0. The van der Waals surface area contributed by atoms with Crippen molar-refractivity contribution in [1.29, 1.82) is 0 Å². The van der Waals surface area contributed by atoms with Gasteiger partial charge in [-0.2, -0.15) is 0 Å². The standard InChI is InChI=1S/C14H26N2O3/c1-13(2,3)16-12(19)15-10-14(9-11(17)18)7-5-4-6-8-14/h4-10H2,1-3H3,(H,17,18)(H2,15,16,19). The van der Waals surface area contributed by atoms with Crippen LogP contribution in [0, 0.1) is 5.41 Å². The fourth-order valence-electron chi connectivity index (χ4n) is 2.69. The molecular weight excluding hydrogens is 244 g/mol. The monoisotopic (exact) mass is 270 g/mol. The molecule has 0 aliphatic heterocycles. The third-order valence-electron chi connectivity index (χ3n) is 3.55. The summed E-state index contributed by atoms with van der Waals surface area (Å²) in [6, 6.07) is -0.220. The summed E-state index contributed by atoms with van der Waals surface area (Å²) in [5, 5.41) is 14.7. The van der Waals surface area contributed by atoms with E-state index in [1.165, 1.54) is 0 Å². The molecule has 1 aliphatic carbocycles. The van der Waals surface area contributed by atoms with E-state index >= 15 is 0 Å². The minimum absolute atomic E-state index is 0.142. The summed E-state index contributed by atoms with van der Waals surface area (Å²) in [6.07, 6.45) is 5.17. The van der Waals surface area contributed by atoms with E-state index in [1.807, 2.05) is 20.8 Å². The van der Waals surface area contributed by atoms with Crippen LogP contribution in [-0.2, 0) is 4.79 Å². The molecule has 0 bridgehead atoms. The Kier molecular flexibility index (Phi) is 5.20. The van der Waals surface area contributed by atoms with E-state index in [2.05, 4.69) is 10.6 Å². The molecule has 0 spiro atoms. The second-order valence-corrected chi connectivity index (χ2v) is 6.69. The maximum Gasteiger partial charge on any atom is 0.315 e. The van der Waals surface area contributed by atoms with Crippen LogP contribution < -0.4 is 10.6 Å². The molecular formula is C14H26N2O3. The van der Waals surface area contributed by atoms with Crippen LogP contribution in [0.5, 0.6) is 0 Å². The van der Waals surface area contributed by atoms with Gasteiger partial charge in [-0.1, -0.05) is 19.3 Å². The number of urea groups is 1. The topological polar surface area (TPSA) is 78.4 Å². The largest absolute Gasteiger partial charge is 0.481 e. The van der Waals surface area contributed by atoms with Crippen LogP contribution in [0.4, 0.5) is 4.79 Å². The van der Waals surface area contributed by atoms with E-state index in [0.717, 1.165) is 32.1 Å². The van der Waals surface area contributed by atoms with Crippen molar-refractivity contribution < 1.29 is 14.7 Å². The number of carboxylic acids is 1. The average molecular weight is 270 g/mol. The second-order valence-electron chi connectivity index (χ2n) is 6.69. The van der Waals surface area contributed by atoms with Crippen molar-refractivity contribution in [3.8, 4) is 0 Å².